The van der Waals surface area contributed by atoms with Crippen molar-refractivity contribution in [3.05, 3.63) is 0 Å². The van der Waals surface area contributed by atoms with E-state index in [0.717, 1.165) is 0 Å². The molecule has 44 valence electrons. The maximum atomic E-state index is 10.1. The Bertz CT molecular complexity index is 225. The molecule has 0 bridgehead atoms. The summed E-state index contributed by atoms with van der Waals surface area (Å²) in [4.78, 5) is 20.1. The van der Waals surface area contributed by atoms with E-state index < -0.39 is 21.6 Å². The van der Waals surface area contributed by atoms with Crippen molar-refractivity contribution in [2.24, 2.45) is 4.47 Å². The van der Waals surface area contributed by atoms with Crippen molar-refractivity contribution in [1.82, 2.24) is 5.43 Å². The molecule has 0 aromatic heterocycles. The molecule has 6 heteroatoms. The van der Waals surface area contributed by atoms with Crippen LogP contribution in [0.1, 0.15) is 0 Å². The molecule has 0 radical (unpaired) electrons. The first-order chi connectivity index (χ1) is 3.72. The van der Waals surface area contributed by atoms with Crippen molar-refractivity contribution >= 4 is 21.6 Å². The molecule has 8 heavy (non-hydrogen) atoms. The standard InChI is InChI=1S/C2HN2O3S/c5-1-2(6)8(7)4-3-1/h(H,3,5)/q-1. The van der Waals surface area contributed by atoms with Crippen LogP contribution in [0, 0.1) is 0 Å². The van der Waals surface area contributed by atoms with E-state index in [1.54, 1.807) is 5.43 Å². The maximum absolute atomic E-state index is 10.1. The zero-order valence-electron chi connectivity index (χ0n) is 3.58. The number of carbonyl (C=O) groups is 2. The van der Waals surface area contributed by atoms with Crippen LogP contribution in [0.15, 0.2) is 4.47 Å². The van der Waals surface area contributed by atoms with Crippen LogP contribution >= 0.6 is 0 Å². The summed E-state index contributed by atoms with van der Waals surface area (Å²) in [6.45, 7) is 0. The molecule has 0 saturated carbocycles. The highest BCUT2D eigenvalue weighted by Crippen LogP contribution is 1.85. The Morgan fingerprint density at radius 1 is 1.50 bits per heavy atom. The van der Waals surface area contributed by atoms with Crippen LogP contribution in [0.5, 0.6) is 0 Å². The Morgan fingerprint density at radius 2 is 2.12 bits per heavy atom. The molecule has 1 N–H and O–H groups in total. The second-order valence-electron chi connectivity index (χ2n) is 1.07. The van der Waals surface area contributed by atoms with Crippen molar-refractivity contribution in [2.75, 3.05) is 0 Å². The van der Waals surface area contributed by atoms with Crippen molar-refractivity contribution in [3.8, 4) is 0 Å². The van der Waals surface area contributed by atoms with Gasteiger partial charge in [0.2, 0.25) is 0 Å². The van der Waals surface area contributed by atoms with Crippen LogP contribution in [0.25, 0.3) is 0 Å². The summed E-state index contributed by atoms with van der Waals surface area (Å²) in [6.07, 6.45) is 0. The number of rotatable bonds is 0. The van der Waals surface area contributed by atoms with Gasteiger partial charge in [0.05, 0.1) is 0 Å². The second kappa shape index (κ2) is 1.55. The molecule has 1 rings (SSSR count). The average Bonchev–Trinajstić information content (AvgIpc) is 1.98. The van der Waals surface area contributed by atoms with E-state index in [0.29, 0.717) is 0 Å². The Kier molecular flexibility index (Phi) is 1.01. The summed E-state index contributed by atoms with van der Waals surface area (Å²) in [7, 11) is -1.97. The number of nitrogens with one attached hydrogen (secondary N) is 1. The Hall–Kier alpha value is -0.910. The topological polar surface area (TPSA) is 75.6 Å². The summed E-state index contributed by atoms with van der Waals surface area (Å²) < 4.78 is 13.0. The van der Waals surface area contributed by atoms with Crippen molar-refractivity contribution in [2.45, 2.75) is 0 Å². The van der Waals surface area contributed by atoms with E-state index in [-0.39, 0.29) is 0 Å². The highest BCUT2D eigenvalue weighted by molar-refractivity contribution is 7.94. The van der Waals surface area contributed by atoms with E-state index in [2.05, 4.69) is 4.47 Å². The lowest BCUT2D eigenvalue weighted by molar-refractivity contribution is -0.132. The predicted molar refractivity (Wildman–Crippen MR) is 23.6 cm³/mol. The third kappa shape index (κ3) is 0.583. The Labute approximate surface area is 46.3 Å². The Morgan fingerprint density at radius 3 is 2.25 bits per heavy atom. The van der Waals surface area contributed by atoms with E-state index in [1.165, 1.54) is 0 Å². The van der Waals surface area contributed by atoms with E-state index in [4.69, 9.17) is 0 Å². The fourth-order valence-corrected chi connectivity index (χ4v) is 0.702. The number of hydrogen-bond acceptors (Lipinski definition) is 5. The van der Waals surface area contributed by atoms with Crippen LogP contribution in [-0.4, -0.2) is 11.0 Å². The molecule has 5 nitrogen and oxygen atoms in total. The van der Waals surface area contributed by atoms with Gasteiger partial charge in [-0.15, -0.1) is 0 Å². The number of amides is 1. The highest BCUT2D eigenvalue weighted by atomic mass is 32.2. The molecule has 1 amide bonds. The molecule has 0 aromatic carbocycles. The first-order valence-electron chi connectivity index (χ1n) is 1.69. The molecule has 0 fully saturated rings. The second-order valence-corrected chi connectivity index (χ2v) is 2.12. The van der Waals surface area contributed by atoms with Crippen LogP contribution in [0.3, 0.4) is 0 Å². The molecule has 0 aliphatic carbocycles. The fourth-order valence-electron chi connectivity index (χ4n) is 0.249. The van der Waals surface area contributed by atoms with E-state index in [1.807, 2.05) is 0 Å². The van der Waals surface area contributed by atoms with Crippen LogP contribution in [0.2, 0.25) is 0 Å². The molecular weight excluding hydrogens is 132 g/mol. The molecular formula is C2HN2O3S-. The minimum absolute atomic E-state index is 0.900. The quantitative estimate of drug-likeness (QED) is 0.330. The van der Waals surface area contributed by atoms with Gasteiger partial charge in [0.1, 0.15) is 0 Å². The van der Waals surface area contributed by atoms with Gasteiger partial charge >= 0.3 is 0 Å². The lowest BCUT2D eigenvalue weighted by atomic mass is 10.7. The van der Waals surface area contributed by atoms with Gasteiger partial charge in [-0.25, -0.2) is 0 Å². The molecule has 0 unspecified atom stereocenters. The van der Waals surface area contributed by atoms with Crippen molar-refractivity contribution < 1.29 is 13.8 Å². The highest BCUT2D eigenvalue weighted by Gasteiger charge is 2.09. The van der Waals surface area contributed by atoms with Gasteiger partial charge in [-0.2, -0.15) is 0 Å². The smallest absolute Gasteiger partial charge is 0.286 e. The lowest BCUT2D eigenvalue weighted by Crippen LogP contribution is -2.18. The SMILES string of the molecule is O=C1NN=[S-](=O)C1=O. The normalized spacial score (nSPS) is 20.5. The zero-order chi connectivity index (χ0) is 6.15. The first-order valence-corrected chi connectivity index (χ1v) is 2.79. The predicted octanol–water partition coefficient (Wildman–Crippen LogP) is -1.29. The number of hydrogen-bond donors (Lipinski definition) is 1. The third-order valence-corrected chi connectivity index (χ3v) is 1.33. The summed E-state index contributed by atoms with van der Waals surface area (Å²) in [5.74, 6) is -0.900. The molecule has 1 heterocycles. The largest absolute Gasteiger partial charge is 0.435 e. The summed E-state index contributed by atoms with van der Waals surface area (Å²) >= 11 is 0. The summed E-state index contributed by atoms with van der Waals surface area (Å²) in [5.41, 5.74) is 1.76. The monoisotopic (exact) mass is 133 g/mol. The molecule has 0 atom stereocenters. The van der Waals surface area contributed by atoms with Gasteiger partial charge in [-0.3, -0.25) is 14.7 Å². The van der Waals surface area contributed by atoms with Crippen LogP contribution in [-0.2, 0) is 24.4 Å². The van der Waals surface area contributed by atoms with Gasteiger partial charge in [0.25, 0.3) is 5.91 Å². The third-order valence-electron chi connectivity index (χ3n) is 0.574. The molecule has 0 saturated heterocycles. The number of carbonyl (C=O) groups excluding carboxylic acids is 2. The van der Waals surface area contributed by atoms with E-state index in [9.17, 15) is 13.8 Å². The van der Waals surface area contributed by atoms with Gasteiger partial charge in [0.15, 0.2) is 5.12 Å². The molecule has 1 aliphatic heterocycles. The average molecular weight is 133 g/mol. The maximum Gasteiger partial charge on any atom is 0.286 e. The molecule has 1 aliphatic rings. The minimum atomic E-state index is -1.97. The molecule has 0 spiro atoms. The summed E-state index contributed by atoms with van der Waals surface area (Å²) in [5, 5.41) is -0.981. The van der Waals surface area contributed by atoms with Gasteiger partial charge in [-0.1, -0.05) is 10.6 Å². The Balaban J connectivity index is 3.06. The van der Waals surface area contributed by atoms with Gasteiger partial charge < -0.3 is 9.00 Å². The fraction of sp³-hybridized carbons (Fsp3) is 0. The lowest BCUT2D eigenvalue weighted by Gasteiger charge is -1.81. The van der Waals surface area contributed by atoms with Crippen LogP contribution < -0.4 is 5.43 Å². The molecule has 0 aromatic rings. The van der Waals surface area contributed by atoms with Crippen molar-refractivity contribution in [3.63, 3.8) is 0 Å². The number of nitrogens with zero attached hydrogens (tertiary/aromatic N) is 1. The zero-order valence-corrected chi connectivity index (χ0v) is 4.40. The van der Waals surface area contributed by atoms with Crippen LogP contribution in [0.4, 0.5) is 0 Å². The first kappa shape index (κ1) is 5.23. The minimum Gasteiger partial charge on any atom is -0.435 e. The van der Waals surface area contributed by atoms with E-state index >= 15 is 0 Å². The summed E-state index contributed by atoms with van der Waals surface area (Å²) in [6, 6.07) is 0. The van der Waals surface area contributed by atoms with Gasteiger partial charge in [-0.05, 0) is 0 Å². The van der Waals surface area contributed by atoms with Gasteiger partial charge in [0, 0.05) is 0 Å². The van der Waals surface area contributed by atoms with Crippen molar-refractivity contribution in [1.29, 1.82) is 0 Å².